The predicted octanol–water partition coefficient (Wildman–Crippen LogP) is 4.44. The molecule has 1 heterocycles. The third-order valence-electron chi connectivity index (χ3n) is 4.42. The summed E-state index contributed by atoms with van der Waals surface area (Å²) in [6.45, 7) is -0.413. The molecule has 7 nitrogen and oxygen atoms in total. The van der Waals surface area contributed by atoms with E-state index in [1.165, 1.54) is 36.4 Å². The normalized spacial score (nSPS) is 10.9. The first-order valence-corrected chi connectivity index (χ1v) is 9.77. The number of nitrogens with zero attached hydrogens (tertiary/aromatic N) is 2. The van der Waals surface area contributed by atoms with Crippen molar-refractivity contribution in [1.29, 1.82) is 0 Å². The molecule has 0 saturated heterocycles. The van der Waals surface area contributed by atoms with Crippen LogP contribution in [0.25, 0.3) is 0 Å². The average Bonchev–Trinajstić information content (AvgIpc) is 2.78. The minimum Gasteiger partial charge on any atom is -0.484 e. The van der Waals surface area contributed by atoms with Crippen molar-refractivity contribution < 1.29 is 27.5 Å². The third-order valence-corrected chi connectivity index (χ3v) is 4.42. The molecule has 0 unspecified atom stereocenters. The molecule has 3 aromatic rings. The Morgan fingerprint density at radius 1 is 1.00 bits per heavy atom. The second-order valence-electron chi connectivity index (χ2n) is 7.16. The van der Waals surface area contributed by atoms with Gasteiger partial charge in [0.15, 0.2) is 12.4 Å². The van der Waals surface area contributed by atoms with Crippen molar-refractivity contribution in [2.24, 2.45) is 0 Å². The molecule has 0 aliphatic heterocycles. The fourth-order valence-corrected chi connectivity index (χ4v) is 2.87. The van der Waals surface area contributed by atoms with E-state index in [2.05, 4.69) is 15.6 Å². The lowest BCUT2D eigenvalue weighted by molar-refractivity contribution is -0.137. The van der Waals surface area contributed by atoms with Gasteiger partial charge >= 0.3 is 6.18 Å². The number of carbonyl (C=O) groups excluding carboxylic acids is 2. The Morgan fingerprint density at radius 2 is 1.73 bits per heavy atom. The molecule has 1 aromatic heterocycles. The van der Waals surface area contributed by atoms with Gasteiger partial charge in [-0.1, -0.05) is 6.07 Å². The van der Waals surface area contributed by atoms with E-state index < -0.39 is 24.3 Å². The van der Waals surface area contributed by atoms with Gasteiger partial charge in [-0.05, 0) is 54.6 Å². The van der Waals surface area contributed by atoms with Crippen LogP contribution < -0.4 is 20.3 Å². The van der Waals surface area contributed by atoms with Crippen LogP contribution >= 0.6 is 0 Å². The maximum Gasteiger partial charge on any atom is 0.416 e. The largest absolute Gasteiger partial charge is 0.484 e. The molecule has 0 bridgehead atoms. The van der Waals surface area contributed by atoms with Crippen molar-refractivity contribution in [3.05, 3.63) is 78.0 Å². The van der Waals surface area contributed by atoms with Crippen molar-refractivity contribution in [3.63, 3.8) is 0 Å². The van der Waals surface area contributed by atoms with Crippen LogP contribution in [0.1, 0.15) is 15.9 Å². The lowest BCUT2D eigenvalue weighted by Gasteiger charge is -2.16. The molecular formula is C23H21F3N4O3. The number of hydrogen-bond acceptors (Lipinski definition) is 5. The van der Waals surface area contributed by atoms with E-state index in [0.29, 0.717) is 22.8 Å². The van der Waals surface area contributed by atoms with Crippen molar-refractivity contribution in [1.82, 2.24) is 4.98 Å². The number of anilines is 3. The highest BCUT2D eigenvalue weighted by molar-refractivity contribution is 6.05. The second kappa shape index (κ2) is 10.0. The van der Waals surface area contributed by atoms with Gasteiger partial charge in [-0.2, -0.15) is 13.2 Å². The maximum atomic E-state index is 12.8. The van der Waals surface area contributed by atoms with E-state index in [4.69, 9.17) is 4.74 Å². The summed E-state index contributed by atoms with van der Waals surface area (Å²) in [4.78, 5) is 30.5. The number of benzene rings is 2. The fraction of sp³-hybridized carbons (Fsp3) is 0.174. The van der Waals surface area contributed by atoms with Gasteiger partial charge in [-0.25, -0.2) is 4.98 Å². The van der Waals surface area contributed by atoms with Gasteiger partial charge in [0.2, 0.25) is 0 Å². The van der Waals surface area contributed by atoms with Crippen molar-refractivity contribution in [3.8, 4) is 5.75 Å². The number of nitrogens with one attached hydrogen (secondary N) is 2. The number of hydrogen-bond donors (Lipinski definition) is 2. The predicted molar refractivity (Wildman–Crippen MR) is 119 cm³/mol. The molecular weight excluding hydrogens is 437 g/mol. The van der Waals surface area contributed by atoms with Crippen LogP contribution in [-0.4, -0.2) is 37.5 Å². The standard InChI is InChI=1S/C23H21F3N4O3/c1-30(2)21-19(7-4-12-27-21)29-22(32)15-8-10-18(11-9-15)33-14-20(31)28-17-6-3-5-16(13-17)23(24,25)26/h3-13H,14H2,1-2H3,(H,28,31)(H,29,32). The monoisotopic (exact) mass is 458 g/mol. The summed E-state index contributed by atoms with van der Waals surface area (Å²) in [6, 6.07) is 13.9. The molecule has 2 amide bonds. The maximum absolute atomic E-state index is 12.8. The van der Waals surface area contributed by atoms with Crippen LogP contribution in [-0.2, 0) is 11.0 Å². The van der Waals surface area contributed by atoms with Crippen LogP contribution in [0.2, 0.25) is 0 Å². The Morgan fingerprint density at radius 3 is 2.39 bits per heavy atom. The molecule has 3 rings (SSSR count). The highest BCUT2D eigenvalue weighted by atomic mass is 19.4. The molecule has 0 fully saturated rings. The number of alkyl halides is 3. The smallest absolute Gasteiger partial charge is 0.416 e. The molecule has 0 radical (unpaired) electrons. The Hall–Kier alpha value is -4.08. The lowest BCUT2D eigenvalue weighted by Crippen LogP contribution is -2.20. The summed E-state index contributed by atoms with van der Waals surface area (Å²) in [5.74, 6) is -0.0393. The SMILES string of the molecule is CN(C)c1ncccc1NC(=O)c1ccc(OCC(=O)Nc2cccc(C(F)(F)F)c2)cc1. The minimum atomic E-state index is -4.50. The quantitative estimate of drug-likeness (QED) is 0.547. The van der Waals surface area contributed by atoms with Gasteiger partial charge in [0.1, 0.15) is 5.75 Å². The number of halogens is 3. The molecule has 0 aliphatic carbocycles. The summed E-state index contributed by atoms with van der Waals surface area (Å²) in [6.07, 6.45) is -2.88. The summed E-state index contributed by atoms with van der Waals surface area (Å²) in [5.41, 5.74) is 0.0698. The number of rotatable bonds is 7. The number of pyridine rings is 1. The zero-order valence-electron chi connectivity index (χ0n) is 17.8. The number of amides is 2. The van der Waals surface area contributed by atoms with Crippen LogP contribution in [0.3, 0.4) is 0 Å². The van der Waals surface area contributed by atoms with E-state index in [0.717, 1.165) is 12.1 Å². The molecule has 2 N–H and O–H groups in total. The molecule has 0 spiro atoms. The minimum absolute atomic E-state index is 0.0120. The van der Waals surface area contributed by atoms with E-state index >= 15 is 0 Å². The van der Waals surface area contributed by atoms with E-state index in [-0.39, 0.29) is 11.6 Å². The summed E-state index contributed by atoms with van der Waals surface area (Å²) in [5, 5.41) is 5.15. The van der Waals surface area contributed by atoms with E-state index in [1.54, 1.807) is 23.2 Å². The zero-order chi connectivity index (χ0) is 24.0. The first-order chi connectivity index (χ1) is 15.6. The molecule has 2 aromatic carbocycles. The van der Waals surface area contributed by atoms with Crippen molar-refractivity contribution >= 4 is 29.0 Å². The Labute approximate surface area is 188 Å². The zero-order valence-corrected chi connectivity index (χ0v) is 17.8. The van der Waals surface area contributed by atoms with Crippen LogP contribution in [0.5, 0.6) is 5.75 Å². The number of ether oxygens (including phenoxy) is 1. The summed E-state index contributed by atoms with van der Waals surface area (Å²) >= 11 is 0. The lowest BCUT2D eigenvalue weighted by atomic mass is 10.2. The first-order valence-electron chi connectivity index (χ1n) is 9.77. The molecule has 10 heteroatoms. The van der Waals surface area contributed by atoms with Crippen molar-refractivity contribution in [2.75, 3.05) is 36.2 Å². The third kappa shape index (κ3) is 6.45. The fourth-order valence-electron chi connectivity index (χ4n) is 2.87. The molecule has 0 atom stereocenters. The van der Waals surface area contributed by atoms with E-state index in [9.17, 15) is 22.8 Å². The highest BCUT2D eigenvalue weighted by Crippen LogP contribution is 2.30. The van der Waals surface area contributed by atoms with Gasteiger partial charge in [-0.3, -0.25) is 9.59 Å². The van der Waals surface area contributed by atoms with Gasteiger partial charge in [0.25, 0.3) is 11.8 Å². The second-order valence-corrected chi connectivity index (χ2v) is 7.16. The first kappa shape index (κ1) is 23.6. The van der Waals surface area contributed by atoms with Crippen LogP contribution in [0.15, 0.2) is 66.9 Å². The van der Waals surface area contributed by atoms with Crippen molar-refractivity contribution in [2.45, 2.75) is 6.18 Å². The van der Waals surface area contributed by atoms with Gasteiger partial charge in [0.05, 0.1) is 11.3 Å². The van der Waals surface area contributed by atoms with Crippen LogP contribution in [0.4, 0.5) is 30.4 Å². The number of aromatic nitrogens is 1. The molecule has 172 valence electrons. The Bertz CT molecular complexity index is 1130. The van der Waals surface area contributed by atoms with Gasteiger partial charge in [-0.15, -0.1) is 0 Å². The topological polar surface area (TPSA) is 83.6 Å². The molecule has 0 saturated carbocycles. The molecule has 0 aliphatic rings. The van der Waals surface area contributed by atoms with Crippen LogP contribution in [0, 0.1) is 0 Å². The molecule has 33 heavy (non-hydrogen) atoms. The van der Waals surface area contributed by atoms with Gasteiger partial charge < -0.3 is 20.3 Å². The summed E-state index contributed by atoms with van der Waals surface area (Å²) < 4.78 is 43.7. The Kier molecular flexibility index (Phi) is 7.17. The Balaban J connectivity index is 1.56. The average molecular weight is 458 g/mol. The number of carbonyl (C=O) groups is 2. The summed E-state index contributed by atoms with van der Waals surface area (Å²) in [7, 11) is 3.63. The van der Waals surface area contributed by atoms with E-state index in [1.807, 2.05) is 14.1 Å². The highest BCUT2D eigenvalue weighted by Gasteiger charge is 2.30. The van der Waals surface area contributed by atoms with Gasteiger partial charge in [0, 0.05) is 31.5 Å².